The number of nitrogens with zero attached hydrogens (tertiary/aromatic N) is 4. The molecule has 3 rings (SSSR count). The number of hydrogen-bond acceptors (Lipinski definition) is 6. The number of non-ortho nitro benzene ring substituents is 1. The molecule has 2 heterocycles. The fraction of sp³-hybridized carbons (Fsp3) is 0.588. The minimum absolute atomic E-state index is 0.0248. The average molecular weight is 364 g/mol. The Labute approximate surface area is 151 Å². The first-order valence-corrected chi connectivity index (χ1v) is 8.79. The lowest BCUT2D eigenvalue weighted by atomic mass is 10.0. The van der Waals surface area contributed by atoms with E-state index in [1.54, 1.807) is 6.07 Å². The first-order chi connectivity index (χ1) is 12.5. The molecule has 26 heavy (non-hydrogen) atoms. The molecule has 1 amide bonds. The molecule has 2 aliphatic rings. The van der Waals surface area contributed by atoms with Gasteiger partial charge in [-0.3, -0.25) is 15.0 Å². The van der Waals surface area contributed by atoms with Crippen LogP contribution in [-0.2, 0) is 0 Å². The highest BCUT2D eigenvalue weighted by atomic mass is 16.6. The van der Waals surface area contributed by atoms with Crippen molar-refractivity contribution in [3.8, 4) is 5.75 Å². The Balaban J connectivity index is 1.59. The van der Waals surface area contributed by atoms with Crippen LogP contribution in [0.15, 0.2) is 18.2 Å². The molecule has 0 aromatic heterocycles. The van der Waals surface area contributed by atoms with Gasteiger partial charge in [0, 0.05) is 51.4 Å². The highest BCUT2D eigenvalue weighted by Gasteiger charge is 2.29. The van der Waals surface area contributed by atoms with Crippen molar-refractivity contribution >= 4 is 17.5 Å². The molecule has 2 aliphatic heterocycles. The third kappa shape index (κ3) is 3.82. The summed E-state index contributed by atoms with van der Waals surface area (Å²) in [7, 11) is 1.53. The molecule has 0 radical (unpaired) electrons. The summed E-state index contributed by atoms with van der Waals surface area (Å²) in [5, 5.41) is 20.0. The molecule has 1 aromatic rings. The Hall–Kier alpha value is -2.55. The number of carboxylic acid groups (broad SMARTS) is 1. The molecule has 0 aliphatic carbocycles. The van der Waals surface area contributed by atoms with Crippen molar-refractivity contribution in [2.75, 3.05) is 51.3 Å². The molecule has 0 bridgehead atoms. The highest BCUT2D eigenvalue weighted by Crippen LogP contribution is 2.34. The molecule has 1 aromatic carbocycles. The van der Waals surface area contributed by atoms with Gasteiger partial charge in [-0.2, -0.15) is 0 Å². The van der Waals surface area contributed by atoms with E-state index in [-0.39, 0.29) is 5.69 Å². The zero-order valence-electron chi connectivity index (χ0n) is 14.8. The summed E-state index contributed by atoms with van der Waals surface area (Å²) >= 11 is 0. The van der Waals surface area contributed by atoms with E-state index in [2.05, 4.69) is 9.80 Å². The van der Waals surface area contributed by atoms with Gasteiger partial charge in [-0.25, -0.2) is 4.79 Å². The highest BCUT2D eigenvalue weighted by molar-refractivity contribution is 5.65. The van der Waals surface area contributed by atoms with E-state index in [1.807, 2.05) is 0 Å². The molecule has 0 spiro atoms. The lowest BCUT2D eigenvalue weighted by Gasteiger charge is -2.42. The maximum absolute atomic E-state index is 11.0. The molecule has 9 heteroatoms. The summed E-state index contributed by atoms with van der Waals surface area (Å²) < 4.78 is 5.35. The number of hydrogen-bond donors (Lipinski definition) is 1. The number of amides is 1. The van der Waals surface area contributed by atoms with E-state index in [1.165, 1.54) is 24.1 Å². The second kappa shape index (κ2) is 7.77. The summed E-state index contributed by atoms with van der Waals surface area (Å²) in [6.45, 7) is 4.36. The minimum Gasteiger partial charge on any atom is -0.494 e. The molecule has 142 valence electrons. The normalized spacial score (nSPS) is 19.4. The fourth-order valence-electron chi connectivity index (χ4n) is 3.79. The number of nitro groups is 1. The molecule has 2 saturated heterocycles. The number of piperazine rings is 1. The fourth-order valence-corrected chi connectivity index (χ4v) is 3.79. The third-order valence-electron chi connectivity index (χ3n) is 5.28. The molecule has 2 fully saturated rings. The summed E-state index contributed by atoms with van der Waals surface area (Å²) in [6, 6.07) is 5.18. The van der Waals surface area contributed by atoms with Gasteiger partial charge in [0.2, 0.25) is 0 Å². The Bertz CT molecular complexity index is 667. The zero-order valence-corrected chi connectivity index (χ0v) is 14.8. The average Bonchev–Trinajstić information content (AvgIpc) is 2.67. The maximum atomic E-state index is 11.0. The van der Waals surface area contributed by atoms with Crippen LogP contribution in [0, 0.1) is 10.1 Å². The van der Waals surface area contributed by atoms with Crippen LogP contribution in [0.5, 0.6) is 5.75 Å². The van der Waals surface area contributed by atoms with Crippen LogP contribution in [0.1, 0.15) is 12.8 Å². The van der Waals surface area contributed by atoms with E-state index in [0.717, 1.165) is 44.7 Å². The summed E-state index contributed by atoms with van der Waals surface area (Å²) in [4.78, 5) is 27.6. The van der Waals surface area contributed by atoms with E-state index >= 15 is 0 Å². The SMILES string of the molecule is COc1cc([N+](=O)[O-])ccc1N1CCC(N2CCN(C(=O)O)CC2)CC1. The summed E-state index contributed by atoms with van der Waals surface area (Å²) in [5.41, 5.74) is 0.907. The predicted octanol–water partition coefficient (Wildman–Crippen LogP) is 1.87. The first-order valence-electron chi connectivity index (χ1n) is 8.79. The summed E-state index contributed by atoms with van der Waals surface area (Å²) in [5.74, 6) is 0.521. The topological polar surface area (TPSA) is 99.4 Å². The van der Waals surface area contributed by atoms with Gasteiger partial charge in [-0.05, 0) is 18.9 Å². The van der Waals surface area contributed by atoms with Crippen molar-refractivity contribution in [1.82, 2.24) is 9.80 Å². The molecule has 0 unspecified atom stereocenters. The van der Waals surface area contributed by atoms with Crippen LogP contribution in [0.25, 0.3) is 0 Å². The van der Waals surface area contributed by atoms with Gasteiger partial charge >= 0.3 is 6.09 Å². The van der Waals surface area contributed by atoms with Crippen molar-refractivity contribution in [2.24, 2.45) is 0 Å². The standard InChI is InChI=1S/C17H24N4O5/c1-26-16-12-14(21(24)25)2-3-15(16)19-6-4-13(5-7-19)18-8-10-20(11-9-18)17(22)23/h2-3,12-13H,4-11H2,1H3,(H,22,23). The van der Waals surface area contributed by atoms with Gasteiger partial charge < -0.3 is 19.6 Å². The van der Waals surface area contributed by atoms with Crippen molar-refractivity contribution in [1.29, 1.82) is 0 Å². The second-order valence-corrected chi connectivity index (χ2v) is 6.64. The monoisotopic (exact) mass is 364 g/mol. The number of benzene rings is 1. The van der Waals surface area contributed by atoms with Gasteiger partial charge in [0.15, 0.2) is 0 Å². The Morgan fingerprint density at radius 3 is 2.38 bits per heavy atom. The lowest BCUT2D eigenvalue weighted by molar-refractivity contribution is -0.384. The zero-order chi connectivity index (χ0) is 18.7. The van der Waals surface area contributed by atoms with Crippen molar-refractivity contribution < 1.29 is 19.6 Å². The van der Waals surface area contributed by atoms with Gasteiger partial charge in [-0.15, -0.1) is 0 Å². The molecule has 1 N–H and O–H groups in total. The van der Waals surface area contributed by atoms with Crippen LogP contribution in [0.4, 0.5) is 16.2 Å². The largest absolute Gasteiger partial charge is 0.494 e. The van der Waals surface area contributed by atoms with Crippen molar-refractivity contribution in [2.45, 2.75) is 18.9 Å². The first kappa shape index (κ1) is 18.2. The smallest absolute Gasteiger partial charge is 0.407 e. The van der Waals surface area contributed by atoms with Crippen molar-refractivity contribution in [3.63, 3.8) is 0 Å². The second-order valence-electron chi connectivity index (χ2n) is 6.64. The van der Waals surface area contributed by atoms with Crippen LogP contribution in [0.3, 0.4) is 0 Å². The lowest BCUT2D eigenvalue weighted by Crippen LogP contribution is -2.54. The number of ether oxygens (including phenoxy) is 1. The Morgan fingerprint density at radius 1 is 1.19 bits per heavy atom. The van der Waals surface area contributed by atoms with Gasteiger partial charge in [0.25, 0.3) is 5.69 Å². The quantitative estimate of drug-likeness (QED) is 0.643. The number of carbonyl (C=O) groups is 1. The Morgan fingerprint density at radius 2 is 1.85 bits per heavy atom. The van der Waals surface area contributed by atoms with Gasteiger partial charge in [0.1, 0.15) is 5.75 Å². The van der Waals surface area contributed by atoms with E-state index in [9.17, 15) is 14.9 Å². The van der Waals surface area contributed by atoms with Crippen LogP contribution in [0.2, 0.25) is 0 Å². The molecule has 0 atom stereocenters. The predicted molar refractivity (Wildman–Crippen MR) is 96.1 cm³/mol. The third-order valence-corrected chi connectivity index (χ3v) is 5.28. The summed E-state index contributed by atoms with van der Waals surface area (Å²) in [6.07, 6.45) is 1.12. The molecule has 9 nitrogen and oxygen atoms in total. The number of methoxy groups -OCH3 is 1. The van der Waals surface area contributed by atoms with Gasteiger partial charge in [-0.1, -0.05) is 0 Å². The maximum Gasteiger partial charge on any atom is 0.407 e. The molecular formula is C17H24N4O5. The van der Waals surface area contributed by atoms with Crippen LogP contribution in [-0.4, -0.2) is 78.3 Å². The molecular weight excluding hydrogens is 340 g/mol. The Kier molecular flexibility index (Phi) is 5.46. The van der Waals surface area contributed by atoms with Crippen LogP contribution < -0.4 is 9.64 Å². The van der Waals surface area contributed by atoms with E-state index in [0.29, 0.717) is 24.9 Å². The molecule has 0 saturated carbocycles. The number of anilines is 1. The number of piperidine rings is 1. The number of nitro benzene ring substituents is 1. The van der Waals surface area contributed by atoms with E-state index in [4.69, 9.17) is 9.84 Å². The number of rotatable bonds is 4. The minimum atomic E-state index is -0.843. The van der Waals surface area contributed by atoms with Crippen molar-refractivity contribution in [3.05, 3.63) is 28.3 Å². The van der Waals surface area contributed by atoms with E-state index < -0.39 is 11.0 Å². The van der Waals surface area contributed by atoms with Gasteiger partial charge in [0.05, 0.1) is 23.8 Å². The van der Waals surface area contributed by atoms with Crippen LogP contribution >= 0.6 is 0 Å².